The van der Waals surface area contributed by atoms with Gasteiger partial charge in [-0.1, -0.05) is 33.6 Å². The third kappa shape index (κ3) is 3.40. The van der Waals surface area contributed by atoms with Crippen LogP contribution in [0.15, 0.2) is 39.3 Å². The molecule has 0 saturated carbocycles. The van der Waals surface area contributed by atoms with Gasteiger partial charge in [-0.15, -0.1) is 0 Å². The van der Waals surface area contributed by atoms with E-state index in [2.05, 4.69) is 37.3 Å². The third-order valence-electron chi connectivity index (χ3n) is 3.06. The summed E-state index contributed by atoms with van der Waals surface area (Å²) in [5.41, 5.74) is 3.71. The molecule has 0 aliphatic rings. The number of hydrogen-bond acceptors (Lipinski definition) is 3. The number of rotatable bonds is 4. The van der Waals surface area contributed by atoms with E-state index in [0.29, 0.717) is 15.8 Å². The number of halogens is 4. The van der Waals surface area contributed by atoms with E-state index in [0.717, 1.165) is 10.0 Å². The van der Waals surface area contributed by atoms with Crippen molar-refractivity contribution in [3.05, 3.63) is 61.2 Å². The fourth-order valence-electron chi connectivity index (χ4n) is 1.98. The average molecular weight is 439 g/mol. The lowest BCUT2D eigenvalue weighted by Crippen LogP contribution is -2.30. The Labute approximate surface area is 143 Å². The van der Waals surface area contributed by atoms with Crippen LogP contribution in [-0.4, -0.2) is 7.11 Å². The van der Waals surface area contributed by atoms with Crippen LogP contribution in [0.25, 0.3) is 0 Å². The van der Waals surface area contributed by atoms with E-state index in [9.17, 15) is 4.39 Å². The molecule has 112 valence electrons. The van der Waals surface area contributed by atoms with Gasteiger partial charge in [-0.25, -0.2) is 9.82 Å². The molecule has 0 bridgehead atoms. The maximum absolute atomic E-state index is 14.4. The standard InChI is InChI=1S/C14H12Br2ClFN2O/c1-21-7-2-4-10(15)9(6-7)14(20-19)8-3-5-11(16)12(17)13(8)18/h2-6,14,20H,19H2,1H3. The molecule has 2 rings (SSSR count). The maximum atomic E-state index is 14.4. The van der Waals surface area contributed by atoms with Gasteiger partial charge in [-0.2, -0.15) is 0 Å². The largest absolute Gasteiger partial charge is 0.497 e. The van der Waals surface area contributed by atoms with E-state index < -0.39 is 11.9 Å². The molecule has 0 spiro atoms. The van der Waals surface area contributed by atoms with E-state index in [1.165, 1.54) is 0 Å². The highest BCUT2D eigenvalue weighted by Gasteiger charge is 2.22. The van der Waals surface area contributed by atoms with Gasteiger partial charge in [0.15, 0.2) is 0 Å². The van der Waals surface area contributed by atoms with Gasteiger partial charge < -0.3 is 4.74 Å². The van der Waals surface area contributed by atoms with Crippen molar-refractivity contribution < 1.29 is 9.13 Å². The highest BCUT2D eigenvalue weighted by Crippen LogP contribution is 2.36. The number of nitrogens with two attached hydrogens (primary N) is 1. The fourth-order valence-corrected chi connectivity index (χ4v) is 2.93. The lowest BCUT2D eigenvalue weighted by molar-refractivity contribution is 0.413. The van der Waals surface area contributed by atoms with Crippen LogP contribution in [0, 0.1) is 5.82 Å². The third-order valence-corrected chi connectivity index (χ3v) is 5.04. The second-order valence-corrected chi connectivity index (χ2v) is 6.34. The van der Waals surface area contributed by atoms with E-state index in [1.54, 1.807) is 31.4 Å². The van der Waals surface area contributed by atoms with Gasteiger partial charge in [0, 0.05) is 14.5 Å². The first-order chi connectivity index (χ1) is 9.99. The summed E-state index contributed by atoms with van der Waals surface area (Å²) in [7, 11) is 1.56. The zero-order valence-electron chi connectivity index (χ0n) is 11.0. The molecule has 2 aromatic rings. The van der Waals surface area contributed by atoms with Gasteiger partial charge in [0.25, 0.3) is 0 Å². The zero-order chi connectivity index (χ0) is 15.6. The van der Waals surface area contributed by atoms with Crippen molar-refractivity contribution in [3.8, 4) is 5.75 Å². The van der Waals surface area contributed by atoms with Gasteiger partial charge in [-0.05, 0) is 45.8 Å². The molecular formula is C14H12Br2ClFN2O. The molecule has 2 aromatic carbocycles. The molecule has 0 aliphatic carbocycles. The van der Waals surface area contributed by atoms with Crippen LogP contribution in [0.2, 0.25) is 5.02 Å². The lowest BCUT2D eigenvalue weighted by atomic mass is 9.98. The van der Waals surface area contributed by atoms with Crippen LogP contribution in [0.4, 0.5) is 4.39 Å². The Balaban J connectivity index is 2.57. The second-order valence-electron chi connectivity index (χ2n) is 4.25. The van der Waals surface area contributed by atoms with Crippen LogP contribution in [0.3, 0.4) is 0 Å². The summed E-state index contributed by atoms with van der Waals surface area (Å²) in [5, 5.41) is 0.0202. The lowest BCUT2D eigenvalue weighted by Gasteiger charge is -2.20. The number of ether oxygens (including phenoxy) is 1. The summed E-state index contributed by atoms with van der Waals surface area (Å²) in [5.74, 6) is 5.75. The Morgan fingerprint density at radius 2 is 1.86 bits per heavy atom. The minimum atomic E-state index is -0.569. The van der Waals surface area contributed by atoms with E-state index in [1.807, 2.05) is 6.07 Å². The molecular weight excluding hydrogens is 426 g/mol. The Morgan fingerprint density at radius 3 is 2.48 bits per heavy atom. The molecule has 0 amide bonds. The van der Waals surface area contributed by atoms with Crippen molar-refractivity contribution in [2.45, 2.75) is 6.04 Å². The molecule has 0 aliphatic heterocycles. The van der Waals surface area contributed by atoms with Crippen molar-refractivity contribution in [1.82, 2.24) is 5.43 Å². The second kappa shape index (κ2) is 7.07. The SMILES string of the molecule is COc1ccc(Br)c(C(NN)c2ccc(Br)c(Cl)c2F)c1. The first-order valence-electron chi connectivity index (χ1n) is 5.92. The van der Waals surface area contributed by atoms with Gasteiger partial charge in [-0.3, -0.25) is 5.84 Å². The number of nitrogens with one attached hydrogen (secondary N) is 1. The predicted octanol–water partition coefficient (Wildman–Crippen LogP) is 4.57. The van der Waals surface area contributed by atoms with Crippen LogP contribution < -0.4 is 16.0 Å². The van der Waals surface area contributed by atoms with Crippen molar-refractivity contribution in [2.75, 3.05) is 7.11 Å². The van der Waals surface area contributed by atoms with Crippen molar-refractivity contribution in [3.63, 3.8) is 0 Å². The number of methoxy groups -OCH3 is 1. The Morgan fingerprint density at radius 1 is 1.19 bits per heavy atom. The highest BCUT2D eigenvalue weighted by molar-refractivity contribution is 9.10. The quantitative estimate of drug-likeness (QED) is 0.418. The van der Waals surface area contributed by atoms with Crippen LogP contribution in [0.1, 0.15) is 17.2 Å². The van der Waals surface area contributed by atoms with Crippen molar-refractivity contribution in [1.29, 1.82) is 0 Å². The molecule has 0 heterocycles. The maximum Gasteiger partial charge on any atom is 0.148 e. The molecule has 7 heteroatoms. The Hall–Kier alpha value is -0.660. The average Bonchev–Trinajstić information content (AvgIpc) is 2.49. The van der Waals surface area contributed by atoms with Crippen LogP contribution in [0.5, 0.6) is 5.75 Å². The first-order valence-corrected chi connectivity index (χ1v) is 7.89. The fraction of sp³-hybridized carbons (Fsp3) is 0.143. The van der Waals surface area contributed by atoms with E-state index in [4.69, 9.17) is 22.2 Å². The molecule has 0 aromatic heterocycles. The van der Waals surface area contributed by atoms with Crippen LogP contribution in [-0.2, 0) is 0 Å². The van der Waals surface area contributed by atoms with Gasteiger partial charge >= 0.3 is 0 Å². The van der Waals surface area contributed by atoms with E-state index >= 15 is 0 Å². The normalized spacial score (nSPS) is 12.3. The topological polar surface area (TPSA) is 47.3 Å². The Bertz CT molecular complexity index is 670. The number of hydrazine groups is 1. The summed E-state index contributed by atoms with van der Waals surface area (Å²) in [6.07, 6.45) is 0. The molecule has 1 unspecified atom stereocenters. The van der Waals surface area contributed by atoms with Crippen molar-refractivity contribution >= 4 is 43.5 Å². The molecule has 0 radical (unpaired) electrons. The molecule has 1 atom stereocenters. The molecule has 3 N–H and O–H groups in total. The summed E-state index contributed by atoms with van der Waals surface area (Å²) >= 11 is 12.6. The Kier molecular flexibility index (Phi) is 5.62. The zero-order valence-corrected chi connectivity index (χ0v) is 14.9. The number of hydrogen-bond donors (Lipinski definition) is 2. The summed E-state index contributed by atoms with van der Waals surface area (Å²) in [4.78, 5) is 0. The van der Waals surface area contributed by atoms with Crippen LogP contribution >= 0.6 is 43.5 Å². The predicted molar refractivity (Wildman–Crippen MR) is 89.0 cm³/mol. The minimum absolute atomic E-state index is 0.0202. The van der Waals surface area contributed by atoms with E-state index in [-0.39, 0.29) is 5.02 Å². The molecule has 21 heavy (non-hydrogen) atoms. The molecule has 0 fully saturated rings. The summed E-state index contributed by atoms with van der Waals surface area (Å²) in [6, 6.07) is 8.13. The van der Waals surface area contributed by atoms with Gasteiger partial charge in [0.2, 0.25) is 0 Å². The van der Waals surface area contributed by atoms with Gasteiger partial charge in [0.05, 0.1) is 18.2 Å². The first kappa shape index (κ1) is 16.7. The smallest absolute Gasteiger partial charge is 0.148 e. The minimum Gasteiger partial charge on any atom is -0.497 e. The van der Waals surface area contributed by atoms with Gasteiger partial charge in [0.1, 0.15) is 11.6 Å². The number of benzene rings is 2. The molecule has 3 nitrogen and oxygen atoms in total. The monoisotopic (exact) mass is 436 g/mol. The van der Waals surface area contributed by atoms with Crippen molar-refractivity contribution in [2.24, 2.45) is 5.84 Å². The summed E-state index contributed by atoms with van der Waals surface area (Å²) in [6.45, 7) is 0. The highest BCUT2D eigenvalue weighted by atomic mass is 79.9. The molecule has 0 saturated heterocycles. The summed E-state index contributed by atoms with van der Waals surface area (Å²) < 4.78 is 20.9.